The van der Waals surface area contributed by atoms with Gasteiger partial charge in [-0.1, -0.05) is 0 Å². The lowest BCUT2D eigenvalue weighted by atomic mass is 10.1. The molecule has 1 fully saturated rings. The summed E-state index contributed by atoms with van der Waals surface area (Å²) in [5.41, 5.74) is 0. The van der Waals surface area contributed by atoms with E-state index < -0.39 is 5.97 Å². The number of ether oxygens (including phenoxy) is 1. The molecular weight excluding hydrogens is 184 g/mol. The molecule has 0 atom stereocenters. The predicted octanol–water partition coefficient (Wildman–Crippen LogP) is 0.0657. The van der Waals surface area contributed by atoms with Gasteiger partial charge in [-0.15, -0.1) is 0 Å². The molecule has 5 heteroatoms. The molecule has 0 aromatic carbocycles. The van der Waals surface area contributed by atoms with Gasteiger partial charge in [0.25, 0.3) is 0 Å². The van der Waals surface area contributed by atoms with Gasteiger partial charge in [-0.2, -0.15) is 5.26 Å². The van der Waals surface area contributed by atoms with Crippen molar-refractivity contribution in [2.24, 2.45) is 0 Å². The Morgan fingerprint density at radius 1 is 1.57 bits per heavy atom. The summed E-state index contributed by atoms with van der Waals surface area (Å²) in [5.74, 6) is -0.521. The molecule has 5 nitrogen and oxygen atoms in total. The molecule has 76 valence electrons. The minimum absolute atomic E-state index is 0.00911. The third kappa shape index (κ3) is 3.05. The summed E-state index contributed by atoms with van der Waals surface area (Å²) in [4.78, 5) is 23.8. The Balaban J connectivity index is 2.31. The lowest BCUT2D eigenvalue weighted by Crippen LogP contribution is -2.39. The van der Waals surface area contributed by atoms with E-state index in [-0.39, 0.29) is 19.1 Å². The molecule has 1 aliphatic rings. The van der Waals surface area contributed by atoms with Gasteiger partial charge in [0.1, 0.15) is 12.6 Å². The number of nitriles is 1. The molecule has 0 saturated carbocycles. The summed E-state index contributed by atoms with van der Waals surface area (Å²) in [6.45, 7) is 0.335. The summed E-state index contributed by atoms with van der Waals surface area (Å²) < 4.78 is 4.55. The molecule has 0 unspecified atom stereocenters. The number of hydrogen-bond donors (Lipinski definition) is 0. The molecule has 0 aromatic rings. The normalized spacial score (nSPS) is 16.2. The van der Waals surface area contributed by atoms with Crippen molar-refractivity contribution in [3.8, 4) is 6.07 Å². The average Bonchev–Trinajstić information content (AvgIpc) is 2.18. The molecule has 1 rings (SSSR count). The maximum atomic E-state index is 11.3. The molecule has 0 aliphatic carbocycles. The molecular formula is C9H12N2O3. The van der Waals surface area contributed by atoms with Crippen molar-refractivity contribution in [3.05, 3.63) is 0 Å². The molecule has 1 saturated heterocycles. The second-order valence-corrected chi connectivity index (χ2v) is 3.09. The lowest BCUT2D eigenvalue weighted by molar-refractivity contribution is -0.149. The number of nitrogens with zero attached hydrogens (tertiary/aromatic N) is 2. The number of esters is 1. The van der Waals surface area contributed by atoms with Gasteiger partial charge in [-0.05, 0) is 12.8 Å². The van der Waals surface area contributed by atoms with Crippen LogP contribution in [0.1, 0.15) is 19.3 Å². The first-order valence-electron chi connectivity index (χ1n) is 4.54. The van der Waals surface area contributed by atoms with Crippen molar-refractivity contribution in [2.45, 2.75) is 19.3 Å². The van der Waals surface area contributed by atoms with Gasteiger partial charge in [0.2, 0.25) is 5.91 Å². The molecule has 1 amide bonds. The Morgan fingerprint density at radius 3 is 3.00 bits per heavy atom. The standard InChI is InChI=1S/C9H12N2O3/c10-4-6-14-9(13)7-11-5-2-1-3-8(11)12/h1-3,5-7H2. The van der Waals surface area contributed by atoms with E-state index in [0.29, 0.717) is 13.0 Å². The fraction of sp³-hybridized carbons (Fsp3) is 0.667. The van der Waals surface area contributed by atoms with Gasteiger partial charge >= 0.3 is 5.97 Å². The number of hydrogen-bond acceptors (Lipinski definition) is 4. The molecule has 0 bridgehead atoms. The zero-order valence-electron chi connectivity index (χ0n) is 7.86. The van der Waals surface area contributed by atoms with Crippen LogP contribution >= 0.6 is 0 Å². The Labute approximate surface area is 82.2 Å². The van der Waals surface area contributed by atoms with Crippen LogP contribution in [0.5, 0.6) is 0 Å². The zero-order valence-corrected chi connectivity index (χ0v) is 7.86. The number of carbonyl (C=O) groups is 2. The molecule has 1 heterocycles. The van der Waals surface area contributed by atoms with E-state index in [2.05, 4.69) is 4.74 Å². The molecule has 1 aliphatic heterocycles. The third-order valence-electron chi connectivity index (χ3n) is 2.04. The number of amides is 1. The van der Waals surface area contributed by atoms with Gasteiger partial charge in [0.15, 0.2) is 6.61 Å². The van der Waals surface area contributed by atoms with Crippen LogP contribution in [-0.2, 0) is 14.3 Å². The van der Waals surface area contributed by atoms with E-state index in [1.807, 2.05) is 0 Å². The van der Waals surface area contributed by atoms with Crippen molar-refractivity contribution < 1.29 is 14.3 Å². The second kappa shape index (κ2) is 5.22. The largest absolute Gasteiger partial charge is 0.449 e. The van der Waals surface area contributed by atoms with E-state index in [9.17, 15) is 9.59 Å². The molecule has 0 radical (unpaired) electrons. The first-order chi connectivity index (χ1) is 6.74. The van der Waals surface area contributed by atoms with Crippen molar-refractivity contribution in [1.82, 2.24) is 4.90 Å². The molecule has 0 spiro atoms. The average molecular weight is 196 g/mol. The Bertz CT molecular complexity index is 270. The summed E-state index contributed by atoms with van der Waals surface area (Å²) in [6, 6.07) is 1.70. The van der Waals surface area contributed by atoms with Gasteiger partial charge in [0.05, 0.1) is 0 Å². The minimum Gasteiger partial charge on any atom is -0.449 e. The summed E-state index contributed by atoms with van der Waals surface area (Å²) in [7, 11) is 0. The summed E-state index contributed by atoms with van der Waals surface area (Å²) in [6.07, 6.45) is 2.32. The first-order valence-corrected chi connectivity index (χ1v) is 4.54. The smallest absolute Gasteiger partial charge is 0.326 e. The van der Waals surface area contributed by atoms with E-state index in [4.69, 9.17) is 5.26 Å². The highest BCUT2D eigenvalue weighted by molar-refractivity contribution is 5.82. The van der Waals surface area contributed by atoms with E-state index >= 15 is 0 Å². The molecule has 0 N–H and O–H groups in total. The second-order valence-electron chi connectivity index (χ2n) is 3.09. The monoisotopic (exact) mass is 196 g/mol. The van der Waals surface area contributed by atoms with Crippen molar-refractivity contribution in [2.75, 3.05) is 19.7 Å². The quantitative estimate of drug-likeness (QED) is 0.599. The van der Waals surface area contributed by atoms with E-state index in [0.717, 1.165) is 12.8 Å². The van der Waals surface area contributed by atoms with Gasteiger partial charge < -0.3 is 9.64 Å². The molecule has 14 heavy (non-hydrogen) atoms. The SMILES string of the molecule is N#CCOC(=O)CN1CCCCC1=O. The maximum Gasteiger partial charge on any atom is 0.326 e. The fourth-order valence-electron chi connectivity index (χ4n) is 1.34. The summed E-state index contributed by atoms with van der Waals surface area (Å²) >= 11 is 0. The van der Waals surface area contributed by atoms with E-state index in [1.54, 1.807) is 6.07 Å². The Morgan fingerprint density at radius 2 is 2.36 bits per heavy atom. The zero-order chi connectivity index (χ0) is 10.4. The van der Waals surface area contributed by atoms with Crippen LogP contribution in [0.2, 0.25) is 0 Å². The summed E-state index contributed by atoms with van der Waals surface area (Å²) in [5, 5.41) is 8.17. The Kier molecular flexibility index (Phi) is 3.92. The number of rotatable bonds is 3. The van der Waals surface area contributed by atoms with Crippen LogP contribution in [0, 0.1) is 11.3 Å². The van der Waals surface area contributed by atoms with Crippen LogP contribution in [-0.4, -0.2) is 36.5 Å². The minimum atomic E-state index is -0.512. The van der Waals surface area contributed by atoms with Crippen LogP contribution in [0.15, 0.2) is 0 Å². The van der Waals surface area contributed by atoms with Crippen LogP contribution in [0.25, 0.3) is 0 Å². The van der Waals surface area contributed by atoms with Gasteiger partial charge in [-0.25, -0.2) is 0 Å². The molecule has 0 aromatic heterocycles. The lowest BCUT2D eigenvalue weighted by Gasteiger charge is -2.25. The first kappa shape index (κ1) is 10.5. The van der Waals surface area contributed by atoms with Crippen molar-refractivity contribution in [1.29, 1.82) is 5.26 Å². The highest BCUT2D eigenvalue weighted by Crippen LogP contribution is 2.09. The van der Waals surface area contributed by atoms with Gasteiger partial charge in [0, 0.05) is 13.0 Å². The van der Waals surface area contributed by atoms with Crippen LogP contribution < -0.4 is 0 Å². The van der Waals surface area contributed by atoms with Crippen LogP contribution in [0.3, 0.4) is 0 Å². The number of carbonyl (C=O) groups excluding carboxylic acids is 2. The number of likely N-dealkylation sites (tertiary alicyclic amines) is 1. The highest BCUT2D eigenvalue weighted by atomic mass is 16.5. The predicted molar refractivity (Wildman–Crippen MR) is 47.0 cm³/mol. The highest BCUT2D eigenvalue weighted by Gasteiger charge is 2.20. The maximum absolute atomic E-state index is 11.3. The topological polar surface area (TPSA) is 70.4 Å². The van der Waals surface area contributed by atoms with Crippen LogP contribution in [0.4, 0.5) is 0 Å². The Hall–Kier alpha value is -1.57. The van der Waals surface area contributed by atoms with Gasteiger partial charge in [-0.3, -0.25) is 9.59 Å². The van der Waals surface area contributed by atoms with Crippen molar-refractivity contribution in [3.63, 3.8) is 0 Å². The number of piperidine rings is 1. The fourth-order valence-corrected chi connectivity index (χ4v) is 1.34. The van der Waals surface area contributed by atoms with E-state index in [1.165, 1.54) is 4.90 Å². The van der Waals surface area contributed by atoms with Crippen molar-refractivity contribution >= 4 is 11.9 Å². The third-order valence-corrected chi connectivity index (χ3v) is 2.04.